The van der Waals surface area contributed by atoms with Crippen molar-refractivity contribution in [3.05, 3.63) is 41.9 Å². The van der Waals surface area contributed by atoms with Crippen LogP contribution in [0.3, 0.4) is 0 Å². The van der Waals surface area contributed by atoms with E-state index in [0.29, 0.717) is 18.4 Å². The van der Waals surface area contributed by atoms with Crippen molar-refractivity contribution in [1.29, 1.82) is 5.41 Å². The van der Waals surface area contributed by atoms with Gasteiger partial charge in [0.1, 0.15) is 0 Å². The molecule has 3 fully saturated rings. The fourth-order valence-corrected chi connectivity index (χ4v) is 4.72. The van der Waals surface area contributed by atoms with Crippen LogP contribution >= 0.6 is 0 Å². The van der Waals surface area contributed by atoms with Gasteiger partial charge in [0.25, 0.3) is 0 Å². The Hall–Kier alpha value is -2.08. The molecule has 6 nitrogen and oxygen atoms in total. The summed E-state index contributed by atoms with van der Waals surface area (Å²) in [5.74, 6) is -0.0165. The minimum atomic E-state index is -0.0218. The number of methoxy groups -OCH3 is 1. The highest BCUT2D eigenvalue weighted by Gasteiger charge is 2.49. The van der Waals surface area contributed by atoms with Crippen molar-refractivity contribution in [2.45, 2.75) is 68.8 Å². The van der Waals surface area contributed by atoms with Crippen LogP contribution in [0.4, 0.5) is 0 Å². The zero-order valence-corrected chi connectivity index (χ0v) is 16.9. The molecule has 3 aliphatic carbocycles. The van der Waals surface area contributed by atoms with Crippen molar-refractivity contribution in [2.24, 2.45) is 5.73 Å². The minimum Gasteiger partial charge on any atom is -0.378 e. The lowest BCUT2D eigenvalue weighted by atomic mass is 9.56. The molecule has 1 aromatic rings. The van der Waals surface area contributed by atoms with Gasteiger partial charge in [0.2, 0.25) is 5.91 Å². The summed E-state index contributed by atoms with van der Waals surface area (Å²) >= 11 is 0. The Morgan fingerprint density at radius 3 is 2.39 bits per heavy atom. The van der Waals surface area contributed by atoms with E-state index in [2.05, 4.69) is 34.9 Å². The lowest BCUT2D eigenvalue weighted by Crippen LogP contribution is -2.49. The van der Waals surface area contributed by atoms with Crippen molar-refractivity contribution < 1.29 is 9.53 Å². The number of nitrogens with one attached hydrogen (secondary N) is 3. The number of hydrogen-bond acceptors (Lipinski definition) is 3. The van der Waals surface area contributed by atoms with Crippen molar-refractivity contribution in [3.8, 4) is 0 Å². The van der Waals surface area contributed by atoms with Crippen LogP contribution in [-0.2, 0) is 21.4 Å². The number of amides is 1. The molecule has 0 spiro atoms. The minimum absolute atomic E-state index is 0.00523. The van der Waals surface area contributed by atoms with Crippen molar-refractivity contribution in [1.82, 2.24) is 10.6 Å². The fourth-order valence-electron chi connectivity index (χ4n) is 4.72. The van der Waals surface area contributed by atoms with Crippen molar-refractivity contribution in [3.63, 3.8) is 0 Å². The Morgan fingerprint density at radius 1 is 1.18 bits per heavy atom. The molecule has 4 rings (SSSR count). The van der Waals surface area contributed by atoms with E-state index in [1.54, 1.807) is 6.54 Å². The second-order valence-electron chi connectivity index (χ2n) is 8.30. The number of hydrogen-bond donors (Lipinski definition) is 4. The van der Waals surface area contributed by atoms with Crippen LogP contribution < -0.4 is 16.4 Å². The van der Waals surface area contributed by atoms with E-state index in [4.69, 9.17) is 15.9 Å². The molecule has 0 unspecified atom stereocenters. The molecule has 0 aliphatic heterocycles. The first kappa shape index (κ1) is 20.6. The zero-order valence-electron chi connectivity index (χ0n) is 16.9. The summed E-state index contributed by atoms with van der Waals surface area (Å²) in [5.41, 5.74) is 8.13. The van der Waals surface area contributed by atoms with E-state index in [0.717, 1.165) is 37.7 Å². The average molecular weight is 386 g/mol. The maximum absolute atomic E-state index is 12.1. The summed E-state index contributed by atoms with van der Waals surface area (Å²) in [6.45, 7) is 2.42. The Bertz CT molecular complexity index is 662. The molecular formula is C22H33N4O2. The number of rotatable bonds is 9. The van der Waals surface area contributed by atoms with Gasteiger partial charge in [-0.15, -0.1) is 0 Å². The highest BCUT2D eigenvalue weighted by atomic mass is 16.5. The van der Waals surface area contributed by atoms with E-state index < -0.39 is 0 Å². The van der Waals surface area contributed by atoms with Crippen LogP contribution in [0.5, 0.6) is 0 Å². The Balaban J connectivity index is 1.43. The van der Waals surface area contributed by atoms with Gasteiger partial charge < -0.3 is 21.1 Å². The van der Waals surface area contributed by atoms with Gasteiger partial charge in [-0.1, -0.05) is 24.3 Å². The molecule has 1 aromatic carbocycles. The standard InChI is InChI=1S/C22H33N4O2/c1-28-22-11-8-21(9-12-22,10-13-22)18-6-4-17(5-7-18)16-19(27)25-14-2-3-15-26-20(23)24/h4-7,14H,2-3,8-13,15-16H2,1H3,(H,25,27)(H4,23,24,26). The van der Waals surface area contributed by atoms with Crippen LogP contribution in [0.25, 0.3) is 0 Å². The summed E-state index contributed by atoms with van der Waals surface area (Å²) in [4.78, 5) is 12.1. The molecule has 153 valence electrons. The van der Waals surface area contributed by atoms with Gasteiger partial charge in [0.15, 0.2) is 5.96 Å². The molecular weight excluding hydrogens is 352 g/mol. The smallest absolute Gasteiger partial charge is 0.224 e. The number of guanidine groups is 1. The molecule has 1 radical (unpaired) electrons. The molecule has 0 saturated heterocycles. The second kappa shape index (κ2) is 8.95. The molecule has 3 saturated carbocycles. The summed E-state index contributed by atoms with van der Waals surface area (Å²) in [6.07, 6.45) is 9.04. The molecule has 28 heavy (non-hydrogen) atoms. The predicted molar refractivity (Wildman–Crippen MR) is 111 cm³/mol. The van der Waals surface area contributed by atoms with Crippen LogP contribution in [-0.4, -0.2) is 31.1 Å². The monoisotopic (exact) mass is 385 g/mol. The van der Waals surface area contributed by atoms with Crippen molar-refractivity contribution in [2.75, 3.05) is 13.7 Å². The maximum atomic E-state index is 12.1. The van der Waals surface area contributed by atoms with Gasteiger partial charge in [-0.05, 0) is 67.9 Å². The van der Waals surface area contributed by atoms with Crippen LogP contribution in [0, 0.1) is 12.0 Å². The average Bonchev–Trinajstić information content (AvgIpc) is 2.72. The van der Waals surface area contributed by atoms with E-state index in [9.17, 15) is 4.79 Å². The summed E-state index contributed by atoms with van der Waals surface area (Å²) in [7, 11) is 1.86. The van der Waals surface area contributed by atoms with Crippen molar-refractivity contribution >= 4 is 11.9 Å². The highest BCUT2D eigenvalue weighted by molar-refractivity contribution is 5.79. The Labute approximate surface area is 168 Å². The van der Waals surface area contributed by atoms with E-state index >= 15 is 0 Å². The molecule has 6 heteroatoms. The quantitative estimate of drug-likeness (QED) is 0.298. The normalized spacial score (nSPS) is 26.0. The number of fused-ring (bicyclic) bond motifs is 3. The first-order chi connectivity index (χ1) is 13.5. The molecule has 0 aromatic heterocycles. The molecule has 3 aliphatic rings. The Kier molecular flexibility index (Phi) is 6.60. The third kappa shape index (κ3) is 4.85. The molecule has 0 atom stereocenters. The molecule has 0 heterocycles. The third-order valence-electron chi connectivity index (χ3n) is 6.65. The van der Waals surface area contributed by atoms with Gasteiger partial charge in [-0.25, -0.2) is 0 Å². The van der Waals surface area contributed by atoms with Gasteiger partial charge in [0, 0.05) is 20.2 Å². The number of nitrogens with two attached hydrogens (primary N) is 1. The lowest BCUT2D eigenvalue weighted by Gasteiger charge is -2.53. The van der Waals surface area contributed by atoms with Gasteiger partial charge in [-0.3, -0.25) is 10.2 Å². The van der Waals surface area contributed by atoms with Crippen LogP contribution in [0.1, 0.15) is 62.5 Å². The van der Waals surface area contributed by atoms with E-state index in [1.165, 1.54) is 24.8 Å². The summed E-state index contributed by atoms with van der Waals surface area (Å²) < 4.78 is 5.81. The first-order valence-corrected chi connectivity index (χ1v) is 10.3. The first-order valence-electron chi connectivity index (χ1n) is 10.3. The lowest BCUT2D eigenvalue weighted by molar-refractivity contribution is -0.119. The van der Waals surface area contributed by atoms with Gasteiger partial charge in [-0.2, -0.15) is 0 Å². The maximum Gasteiger partial charge on any atom is 0.224 e. The largest absolute Gasteiger partial charge is 0.378 e. The molecule has 5 N–H and O–H groups in total. The summed E-state index contributed by atoms with van der Waals surface area (Å²) in [6, 6.07) is 8.66. The molecule has 2 bridgehead atoms. The van der Waals surface area contributed by atoms with E-state index in [-0.39, 0.29) is 17.5 Å². The fraction of sp³-hybridized carbons (Fsp3) is 0.591. The molecule has 1 amide bonds. The third-order valence-corrected chi connectivity index (χ3v) is 6.65. The topological polar surface area (TPSA) is 100 Å². The SMILES string of the molecule is COC12CCC(c3ccc(CC(=O)N[CH]CCCNC(=N)N)cc3)(CC1)CC2. The number of benzene rings is 1. The predicted octanol–water partition coefficient (Wildman–Crippen LogP) is 2.76. The Morgan fingerprint density at radius 2 is 1.82 bits per heavy atom. The number of carbonyl (C=O) groups excluding carboxylic acids is 1. The van der Waals surface area contributed by atoms with E-state index in [1.807, 2.05) is 7.11 Å². The number of carbonyl (C=O) groups is 1. The van der Waals surface area contributed by atoms with Crippen LogP contribution in [0.2, 0.25) is 0 Å². The zero-order chi connectivity index (χ0) is 20.0. The highest BCUT2D eigenvalue weighted by Crippen LogP contribution is 2.54. The number of ether oxygens (including phenoxy) is 1. The van der Waals surface area contributed by atoms with Gasteiger partial charge in [0.05, 0.1) is 12.0 Å². The number of unbranched alkanes of at least 4 members (excludes halogenated alkanes) is 1. The van der Waals surface area contributed by atoms with Crippen LogP contribution in [0.15, 0.2) is 24.3 Å². The second-order valence-corrected chi connectivity index (χ2v) is 8.30. The summed E-state index contributed by atoms with van der Waals surface area (Å²) in [5, 5.41) is 12.7. The van der Waals surface area contributed by atoms with Gasteiger partial charge >= 0.3 is 0 Å².